The number of rotatable bonds is 3. The van der Waals surface area contributed by atoms with Crippen molar-refractivity contribution in [2.75, 3.05) is 10.5 Å². The number of nitrogens with zero attached hydrogens (tertiary/aromatic N) is 2. The first-order valence-electron chi connectivity index (χ1n) is 4.41. The molecule has 0 aromatic carbocycles. The maximum absolute atomic E-state index is 11.8. The second kappa shape index (κ2) is 4.34. The van der Waals surface area contributed by atoms with Crippen LogP contribution in [-0.4, -0.2) is 23.4 Å². The minimum absolute atomic E-state index is 0.0389. The third-order valence-electron chi connectivity index (χ3n) is 1.86. The molecule has 0 saturated carbocycles. The average molecular weight is 318 g/mol. The maximum atomic E-state index is 11.8. The number of anilines is 2. The molecule has 0 bridgehead atoms. The second-order valence-corrected chi connectivity index (χ2v) is 5.63. The van der Waals surface area contributed by atoms with Crippen molar-refractivity contribution in [3.05, 3.63) is 29.3 Å². The number of nitrogen functional groups attached to an aromatic ring is 1. The fraction of sp³-hybridized carbons (Fsp3) is 0. The molecule has 7 nitrogen and oxygen atoms in total. The molecule has 0 aliphatic carbocycles. The number of imidazole rings is 1. The Morgan fingerprint density at radius 1 is 1.41 bits per heavy atom. The lowest BCUT2D eigenvalue weighted by Gasteiger charge is -2.07. The zero-order valence-electron chi connectivity index (χ0n) is 8.38. The van der Waals surface area contributed by atoms with E-state index in [2.05, 4.69) is 35.6 Å². The highest BCUT2D eigenvalue weighted by Gasteiger charge is 2.17. The Morgan fingerprint density at radius 2 is 2.18 bits per heavy atom. The van der Waals surface area contributed by atoms with Gasteiger partial charge in [0.15, 0.2) is 10.8 Å². The van der Waals surface area contributed by atoms with Gasteiger partial charge in [-0.2, -0.15) is 8.42 Å². The summed E-state index contributed by atoms with van der Waals surface area (Å²) in [5.74, 6) is 0.161. The van der Waals surface area contributed by atoms with E-state index in [0.717, 1.165) is 0 Å². The van der Waals surface area contributed by atoms with E-state index >= 15 is 0 Å². The van der Waals surface area contributed by atoms with Crippen molar-refractivity contribution < 1.29 is 8.42 Å². The molecule has 4 N–H and O–H groups in total. The van der Waals surface area contributed by atoms with Gasteiger partial charge < -0.3 is 10.7 Å². The standard InChI is InChI=1S/C8H8BrN5O2S/c9-6-1-5(10)2-12-8(6)14-17(15,16)7-3-11-4-13-7/h1-4H,10H2,(H,11,13)(H,12,14). The van der Waals surface area contributed by atoms with Crippen molar-refractivity contribution >= 4 is 37.5 Å². The summed E-state index contributed by atoms with van der Waals surface area (Å²) < 4.78 is 26.4. The molecule has 0 atom stereocenters. The average Bonchev–Trinajstić information content (AvgIpc) is 2.76. The number of nitrogens with two attached hydrogens (primary N) is 1. The highest BCUT2D eigenvalue weighted by molar-refractivity contribution is 9.10. The highest BCUT2D eigenvalue weighted by Crippen LogP contribution is 2.23. The molecule has 17 heavy (non-hydrogen) atoms. The number of aromatic nitrogens is 3. The summed E-state index contributed by atoms with van der Waals surface area (Å²) in [4.78, 5) is 10.0. The number of pyridine rings is 1. The minimum Gasteiger partial charge on any atom is -0.397 e. The lowest BCUT2D eigenvalue weighted by atomic mass is 10.4. The van der Waals surface area contributed by atoms with E-state index in [9.17, 15) is 8.42 Å². The van der Waals surface area contributed by atoms with Gasteiger partial charge in [-0.1, -0.05) is 0 Å². The minimum atomic E-state index is -3.71. The first kappa shape index (κ1) is 11.9. The molecule has 2 rings (SSSR count). The first-order chi connectivity index (χ1) is 7.99. The van der Waals surface area contributed by atoms with E-state index in [4.69, 9.17) is 5.73 Å². The number of nitrogens with one attached hydrogen (secondary N) is 2. The van der Waals surface area contributed by atoms with Crippen LogP contribution in [0.2, 0.25) is 0 Å². The smallest absolute Gasteiger partial charge is 0.280 e. The van der Waals surface area contributed by atoms with Gasteiger partial charge in [-0.25, -0.2) is 9.97 Å². The van der Waals surface area contributed by atoms with Crippen molar-refractivity contribution in [1.29, 1.82) is 0 Å². The fourth-order valence-electron chi connectivity index (χ4n) is 1.10. The van der Waals surface area contributed by atoms with Crippen LogP contribution in [0.25, 0.3) is 0 Å². The predicted molar refractivity (Wildman–Crippen MR) is 65.7 cm³/mol. The number of sulfonamides is 1. The van der Waals surface area contributed by atoms with Crippen LogP contribution in [0, 0.1) is 0 Å². The van der Waals surface area contributed by atoms with Crippen LogP contribution in [0.15, 0.2) is 34.3 Å². The zero-order valence-corrected chi connectivity index (χ0v) is 10.8. The van der Waals surface area contributed by atoms with E-state index < -0.39 is 10.0 Å². The van der Waals surface area contributed by atoms with E-state index in [1.54, 1.807) is 6.07 Å². The Hall–Kier alpha value is -1.61. The summed E-state index contributed by atoms with van der Waals surface area (Å²) in [6, 6.07) is 1.55. The molecule has 0 aliphatic heterocycles. The van der Waals surface area contributed by atoms with Crippen LogP contribution in [-0.2, 0) is 10.0 Å². The van der Waals surface area contributed by atoms with Crippen LogP contribution in [0.5, 0.6) is 0 Å². The van der Waals surface area contributed by atoms with Gasteiger partial charge in [-0.3, -0.25) is 4.72 Å². The number of hydrogen-bond acceptors (Lipinski definition) is 5. The van der Waals surface area contributed by atoms with Crippen molar-refractivity contribution in [1.82, 2.24) is 15.0 Å². The van der Waals surface area contributed by atoms with Crippen LogP contribution in [0.3, 0.4) is 0 Å². The van der Waals surface area contributed by atoms with Crippen molar-refractivity contribution in [3.8, 4) is 0 Å². The molecule has 0 fully saturated rings. The molecule has 2 aromatic heterocycles. The van der Waals surface area contributed by atoms with Gasteiger partial charge in [0.2, 0.25) is 0 Å². The largest absolute Gasteiger partial charge is 0.397 e. The zero-order chi connectivity index (χ0) is 12.5. The fourth-order valence-corrected chi connectivity index (χ4v) is 2.63. The Balaban J connectivity index is 2.33. The van der Waals surface area contributed by atoms with Gasteiger partial charge in [0, 0.05) is 0 Å². The quantitative estimate of drug-likeness (QED) is 0.779. The normalized spacial score (nSPS) is 11.4. The third kappa shape index (κ3) is 2.56. The molecule has 0 unspecified atom stereocenters. The molecule has 0 radical (unpaired) electrons. The number of halogens is 1. The lowest BCUT2D eigenvalue weighted by Crippen LogP contribution is -2.14. The Labute approximate surface area is 106 Å². The molecule has 0 aliphatic rings. The van der Waals surface area contributed by atoms with Crippen molar-refractivity contribution in [2.45, 2.75) is 5.03 Å². The molecule has 9 heteroatoms. The molecule has 0 saturated heterocycles. The van der Waals surface area contributed by atoms with Gasteiger partial charge in [0.1, 0.15) is 0 Å². The van der Waals surface area contributed by atoms with E-state index in [-0.39, 0.29) is 10.8 Å². The predicted octanol–water partition coefficient (Wildman–Crippen LogP) is 0.950. The number of aromatic amines is 1. The highest BCUT2D eigenvalue weighted by atomic mass is 79.9. The van der Waals surface area contributed by atoms with Crippen LogP contribution in [0.1, 0.15) is 0 Å². The molecule has 0 spiro atoms. The summed E-state index contributed by atoms with van der Waals surface area (Å²) in [5.41, 5.74) is 5.93. The summed E-state index contributed by atoms with van der Waals surface area (Å²) in [6.07, 6.45) is 3.84. The molecule has 0 amide bonds. The lowest BCUT2D eigenvalue weighted by molar-refractivity contribution is 0.598. The Morgan fingerprint density at radius 3 is 2.76 bits per heavy atom. The van der Waals surface area contributed by atoms with Crippen molar-refractivity contribution in [3.63, 3.8) is 0 Å². The van der Waals surface area contributed by atoms with E-state index in [1.807, 2.05) is 0 Å². The summed E-state index contributed by atoms with van der Waals surface area (Å²) in [6.45, 7) is 0. The van der Waals surface area contributed by atoms with Gasteiger partial charge in [0.25, 0.3) is 10.0 Å². The van der Waals surface area contributed by atoms with Gasteiger partial charge >= 0.3 is 0 Å². The maximum Gasteiger partial charge on any atom is 0.280 e. The Kier molecular flexibility index (Phi) is 3.03. The van der Waals surface area contributed by atoms with E-state index in [1.165, 1.54) is 18.7 Å². The van der Waals surface area contributed by atoms with Gasteiger partial charge in [-0.05, 0) is 22.0 Å². The molecule has 2 aromatic rings. The van der Waals surface area contributed by atoms with Crippen LogP contribution in [0.4, 0.5) is 11.5 Å². The van der Waals surface area contributed by atoms with Crippen molar-refractivity contribution in [2.24, 2.45) is 0 Å². The first-order valence-corrected chi connectivity index (χ1v) is 6.69. The van der Waals surface area contributed by atoms with Crippen LogP contribution < -0.4 is 10.5 Å². The summed E-state index contributed by atoms with van der Waals surface area (Å²) in [7, 11) is -3.71. The SMILES string of the molecule is Nc1cnc(NS(=O)(=O)c2cnc[nH]2)c(Br)c1. The van der Waals surface area contributed by atoms with Crippen LogP contribution >= 0.6 is 15.9 Å². The Bertz CT molecular complexity index is 625. The third-order valence-corrected chi connectivity index (χ3v) is 3.72. The second-order valence-electron chi connectivity index (χ2n) is 3.12. The summed E-state index contributed by atoms with van der Waals surface area (Å²) >= 11 is 3.17. The van der Waals surface area contributed by atoms with E-state index in [0.29, 0.717) is 10.2 Å². The topological polar surface area (TPSA) is 114 Å². The monoisotopic (exact) mass is 317 g/mol. The molecular formula is C8H8BrN5O2S. The number of H-pyrrole nitrogens is 1. The molecule has 2 heterocycles. The van der Waals surface area contributed by atoms with Gasteiger partial charge in [0.05, 0.1) is 28.9 Å². The number of hydrogen-bond donors (Lipinski definition) is 3. The molecule has 90 valence electrons. The summed E-state index contributed by atoms with van der Waals surface area (Å²) in [5, 5.41) is -0.0389. The molecular weight excluding hydrogens is 310 g/mol. The van der Waals surface area contributed by atoms with Gasteiger partial charge in [-0.15, -0.1) is 0 Å².